The quantitative estimate of drug-likeness (QED) is 0.906. The van der Waals surface area contributed by atoms with Crippen LogP contribution in [0.4, 0.5) is 0 Å². The molecule has 1 fully saturated rings. The summed E-state index contributed by atoms with van der Waals surface area (Å²) >= 11 is 0. The van der Waals surface area contributed by atoms with Gasteiger partial charge in [0, 0.05) is 5.56 Å². The van der Waals surface area contributed by atoms with Gasteiger partial charge in [-0.25, -0.2) is 0 Å². The molecule has 1 aliphatic heterocycles. The Kier molecular flexibility index (Phi) is 5.49. The van der Waals surface area contributed by atoms with Crippen molar-refractivity contribution in [2.24, 2.45) is 0 Å². The highest BCUT2D eigenvalue weighted by Gasteiger charge is 2.26. The molecule has 3 rings (SSSR count). The molecule has 24 heavy (non-hydrogen) atoms. The Bertz CT molecular complexity index is 664. The van der Waals surface area contributed by atoms with Crippen LogP contribution in [0, 0.1) is 0 Å². The van der Waals surface area contributed by atoms with Crippen molar-refractivity contribution < 1.29 is 14.4 Å². The fourth-order valence-electron chi connectivity index (χ4n) is 3.18. The molecular weight excluding hydrogens is 300 g/mol. The van der Waals surface area contributed by atoms with E-state index in [1.54, 1.807) is 0 Å². The van der Waals surface area contributed by atoms with E-state index in [1.165, 1.54) is 10.5 Å². The van der Waals surface area contributed by atoms with E-state index >= 15 is 0 Å². The summed E-state index contributed by atoms with van der Waals surface area (Å²) in [6.45, 7) is 7.09. The number of benzene rings is 2. The summed E-state index contributed by atoms with van der Waals surface area (Å²) in [4.78, 5) is 16.3. The molecule has 0 atom stereocenters. The van der Waals surface area contributed by atoms with Gasteiger partial charge in [-0.1, -0.05) is 42.5 Å². The number of hydrogen-bond acceptors (Lipinski definition) is 2. The molecule has 0 saturated carbocycles. The van der Waals surface area contributed by atoms with Crippen molar-refractivity contribution in [2.45, 2.75) is 13.5 Å². The number of carbonyl (C=O) groups excluding carboxylic acids is 1. The van der Waals surface area contributed by atoms with Crippen molar-refractivity contribution in [2.75, 3.05) is 32.8 Å². The molecule has 0 radical (unpaired) electrons. The highest BCUT2D eigenvalue weighted by atomic mass is 16.5. The van der Waals surface area contributed by atoms with E-state index in [0.717, 1.165) is 32.7 Å². The van der Waals surface area contributed by atoms with E-state index in [4.69, 9.17) is 4.74 Å². The van der Waals surface area contributed by atoms with Gasteiger partial charge in [0.25, 0.3) is 5.91 Å². The molecule has 0 aliphatic carbocycles. The standard InChI is InChI=1S/C20H24N2O2/c1-2-24-19-11-7-6-10-18(19)20(23)22-14-12-21(13-15-22)16-17-8-4-3-5-9-17/h3-11H,2,12-16H2,1H3/p+1. The van der Waals surface area contributed by atoms with Gasteiger partial charge < -0.3 is 14.5 Å². The fraction of sp³-hybridized carbons (Fsp3) is 0.350. The van der Waals surface area contributed by atoms with Crippen LogP contribution in [0.1, 0.15) is 22.8 Å². The fourth-order valence-corrected chi connectivity index (χ4v) is 3.18. The lowest BCUT2D eigenvalue weighted by Gasteiger charge is -2.32. The monoisotopic (exact) mass is 325 g/mol. The van der Waals surface area contributed by atoms with Gasteiger partial charge >= 0.3 is 0 Å². The predicted octanol–water partition coefficient (Wildman–Crippen LogP) is 1.63. The molecule has 2 aromatic rings. The lowest BCUT2D eigenvalue weighted by atomic mass is 10.1. The second-order valence-corrected chi connectivity index (χ2v) is 6.13. The third kappa shape index (κ3) is 3.95. The molecule has 0 aromatic heterocycles. The van der Waals surface area contributed by atoms with Crippen LogP contribution >= 0.6 is 0 Å². The van der Waals surface area contributed by atoms with Gasteiger partial charge in [0.05, 0.1) is 38.3 Å². The molecule has 1 heterocycles. The van der Waals surface area contributed by atoms with E-state index < -0.39 is 0 Å². The van der Waals surface area contributed by atoms with Crippen molar-refractivity contribution >= 4 is 5.91 Å². The predicted molar refractivity (Wildman–Crippen MR) is 94.4 cm³/mol. The smallest absolute Gasteiger partial charge is 0.258 e. The van der Waals surface area contributed by atoms with E-state index in [1.807, 2.05) is 42.2 Å². The third-order valence-corrected chi connectivity index (χ3v) is 4.47. The first-order valence-corrected chi connectivity index (χ1v) is 8.66. The first-order chi connectivity index (χ1) is 11.8. The van der Waals surface area contributed by atoms with E-state index in [9.17, 15) is 4.79 Å². The van der Waals surface area contributed by atoms with Gasteiger partial charge in [-0.2, -0.15) is 0 Å². The Balaban J connectivity index is 1.59. The maximum Gasteiger partial charge on any atom is 0.258 e. The molecule has 4 heteroatoms. The summed E-state index contributed by atoms with van der Waals surface area (Å²) in [5.41, 5.74) is 2.03. The van der Waals surface area contributed by atoms with Gasteiger partial charge in [0.15, 0.2) is 0 Å². The molecule has 126 valence electrons. The molecule has 1 N–H and O–H groups in total. The zero-order chi connectivity index (χ0) is 16.8. The number of carbonyl (C=O) groups is 1. The Morgan fingerprint density at radius 1 is 1.04 bits per heavy atom. The highest BCUT2D eigenvalue weighted by molar-refractivity contribution is 5.97. The lowest BCUT2D eigenvalue weighted by molar-refractivity contribution is -0.917. The second kappa shape index (κ2) is 7.97. The molecule has 2 aromatic carbocycles. The average Bonchev–Trinajstić information content (AvgIpc) is 2.63. The summed E-state index contributed by atoms with van der Waals surface area (Å²) < 4.78 is 5.60. The van der Waals surface area contributed by atoms with Gasteiger partial charge in [0.2, 0.25) is 0 Å². The summed E-state index contributed by atoms with van der Waals surface area (Å²) in [5, 5.41) is 0. The second-order valence-electron chi connectivity index (χ2n) is 6.13. The number of rotatable bonds is 5. The number of hydrogen-bond donors (Lipinski definition) is 1. The van der Waals surface area contributed by atoms with E-state index in [0.29, 0.717) is 17.9 Å². The normalized spacial score (nSPS) is 15.3. The maximum absolute atomic E-state index is 12.8. The Morgan fingerprint density at radius 2 is 1.71 bits per heavy atom. The van der Waals surface area contributed by atoms with Crippen molar-refractivity contribution in [3.8, 4) is 5.75 Å². The van der Waals surface area contributed by atoms with Crippen LogP contribution in [0.2, 0.25) is 0 Å². The minimum absolute atomic E-state index is 0.0813. The van der Waals surface area contributed by atoms with E-state index in [-0.39, 0.29) is 5.91 Å². The first kappa shape index (κ1) is 16.5. The number of piperazine rings is 1. The zero-order valence-corrected chi connectivity index (χ0v) is 14.2. The van der Waals surface area contributed by atoms with Crippen molar-refractivity contribution in [1.82, 2.24) is 4.90 Å². The molecule has 1 saturated heterocycles. The molecule has 0 unspecified atom stereocenters. The summed E-state index contributed by atoms with van der Waals surface area (Å²) in [6.07, 6.45) is 0. The Hall–Kier alpha value is -2.33. The Morgan fingerprint density at radius 3 is 2.42 bits per heavy atom. The lowest BCUT2D eigenvalue weighted by Crippen LogP contribution is -3.13. The van der Waals surface area contributed by atoms with Crippen molar-refractivity contribution in [3.63, 3.8) is 0 Å². The van der Waals surface area contributed by atoms with E-state index in [2.05, 4.69) is 24.3 Å². The van der Waals surface area contributed by atoms with Gasteiger partial charge in [-0.15, -0.1) is 0 Å². The van der Waals surface area contributed by atoms with Crippen LogP contribution in [0.25, 0.3) is 0 Å². The number of nitrogens with zero attached hydrogens (tertiary/aromatic N) is 1. The van der Waals surface area contributed by atoms with Gasteiger partial charge in [-0.05, 0) is 19.1 Å². The van der Waals surface area contributed by atoms with Crippen molar-refractivity contribution in [3.05, 3.63) is 65.7 Å². The zero-order valence-electron chi connectivity index (χ0n) is 14.2. The van der Waals surface area contributed by atoms with Crippen LogP contribution < -0.4 is 9.64 Å². The molecule has 4 nitrogen and oxygen atoms in total. The summed E-state index contributed by atoms with van der Waals surface area (Å²) in [6, 6.07) is 18.1. The van der Waals surface area contributed by atoms with Gasteiger partial charge in [-0.3, -0.25) is 4.79 Å². The molecule has 0 bridgehead atoms. The molecular formula is C20H25N2O2+. The van der Waals surface area contributed by atoms with Crippen LogP contribution in [0.15, 0.2) is 54.6 Å². The molecule has 0 spiro atoms. The van der Waals surface area contributed by atoms with Gasteiger partial charge in [0.1, 0.15) is 12.3 Å². The summed E-state index contributed by atoms with van der Waals surface area (Å²) in [7, 11) is 0. The van der Waals surface area contributed by atoms with Crippen LogP contribution in [-0.2, 0) is 6.54 Å². The number of quaternary nitrogens is 1. The largest absolute Gasteiger partial charge is 0.493 e. The number of ether oxygens (including phenoxy) is 1. The minimum Gasteiger partial charge on any atom is -0.493 e. The third-order valence-electron chi connectivity index (χ3n) is 4.47. The minimum atomic E-state index is 0.0813. The Labute approximate surface area is 143 Å². The van der Waals surface area contributed by atoms with Crippen molar-refractivity contribution in [1.29, 1.82) is 0 Å². The topological polar surface area (TPSA) is 34.0 Å². The highest BCUT2D eigenvalue weighted by Crippen LogP contribution is 2.20. The van der Waals surface area contributed by atoms with Crippen LogP contribution in [0.5, 0.6) is 5.75 Å². The number of amides is 1. The molecule has 1 aliphatic rings. The molecule has 1 amide bonds. The van der Waals surface area contributed by atoms with Crippen LogP contribution in [0.3, 0.4) is 0 Å². The average molecular weight is 325 g/mol. The SMILES string of the molecule is CCOc1ccccc1C(=O)N1CC[NH+](Cc2ccccc2)CC1. The first-order valence-electron chi connectivity index (χ1n) is 8.66. The number of nitrogens with one attached hydrogen (secondary N) is 1. The maximum atomic E-state index is 12.8. The number of para-hydroxylation sites is 1. The van der Waals surface area contributed by atoms with Crippen LogP contribution in [-0.4, -0.2) is 43.6 Å². The summed E-state index contributed by atoms with van der Waals surface area (Å²) in [5.74, 6) is 0.766.